The molecular weight excluding hydrogens is 488 g/mol. The summed E-state index contributed by atoms with van der Waals surface area (Å²) in [6.07, 6.45) is 3.21. The summed E-state index contributed by atoms with van der Waals surface area (Å²) in [5.41, 5.74) is 5.10. The second-order valence-electron chi connectivity index (χ2n) is 9.07. The van der Waals surface area contributed by atoms with Crippen LogP contribution in [-0.4, -0.2) is 34.8 Å². The first kappa shape index (κ1) is 24.6. The number of benzene rings is 4. The Labute approximate surface area is 216 Å². The molecule has 0 fully saturated rings. The second kappa shape index (κ2) is 9.78. The number of methoxy groups -OCH3 is 2. The third kappa shape index (κ3) is 4.84. The van der Waals surface area contributed by atoms with E-state index < -0.39 is 10.0 Å². The van der Waals surface area contributed by atoms with Crippen LogP contribution in [0.5, 0.6) is 11.5 Å². The molecule has 4 aromatic carbocycles. The third-order valence-electron chi connectivity index (χ3n) is 6.72. The molecule has 0 aromatic heterocycles. The topological polar surface area (TPSA) is 84.9 Å². The average Bonchev–Trinajstić information content (AvgIpc) is 3.32. The summed E-state index contributed by atoms with van der Waals surface area (Å²) in [5, 5.41) is 5.34. The molecule has 0 unspecified atom stereocenters. The van der Waals surface area contributed by atoms with Gasteiger partial charge in [0.25, 0.3) is 5.91 Å². The highest BCUT2D eigenvalue weighted by Gasteiger charge is 2.21. The number of hydrogen-bond donors (Lipinski definition) is 1. The highest BCUT2D eigenvalue weighted by molar-refractivity contribution is 7.92. The molecule has 1 aliphatic rings. The van der Waals surface area contributed by atoms with Crippen molar-refractivity contribution in [3.05, 3.63) is 95.1 Å². The average molecular weight is 517 g/mol. The van der Waals surface area contributed by atoms with Crippen molar-refractivity contribution >= 4 is 38.1 Å². The molecule has 1 aliphatic carbocycles. The third-order valence-corrected chi connectivity index (χ3v) is 7.86. The number of ether oxygens (including phenoxy) is 2. The molecule has 0 heterocycles. The normalized spacial score (nSPS) is 12.4. The van der Waals surface area contributed by atoms with Crippen molar-refractivity contribution in [3.8, 4) is 11.5 Å². The van der Waals surface area contributed by atoms with Crippen molar-refractivity contribution < 1.29 is 22.7 Å². The minimum Gasteiger partial charge on any atom is -0.493 e. The maximum absolute atomic E-state index is 13.0. The molecule has 1 N–H and O–H groups in total. The second-order valence-corrected chi connectivity index (χ2v) is 11.0. The number of carbonyl (C=O) groups excluding carboxylic acids is 1. The van der Waals surface area contributed by atoms with E-state index in [1.54, 1.807) is 42.5 Å². The number of amides is 1. The molecule has 0 saturated heterocycles. The van der Waals surface area contributed by atoms with Crippen LogP contribution in [0.4, 0.5) is 11.4 Å². The van der Waals surface area contributed by atoms with Gasteiger partial charge in [0, 0.05) is 22.7 Å². The Kier molecular flexibility index (Phi) is 6.52. The number of sulfonamides is 1. The van der Waals surface area contributed by atoms with Crippen LogP contribution in [0.1, 0.15) is 27.0 Å². The van der Waals surface area contributed by atoms with E-state index in [4.69, 9.17) is 9.47 Å². The van der Waals surface area contributed by atoms with E-state index in [9.17, 15) is 13.2 Å². The van der Waals surface area contributed by atoms with Gasteiger partial charge in [0.05, 0.1) is 32.7 Å². The summed E-state index contributed by atoms with van der Waals surface area (Å²) in [6, 6.07) is 22.2. The maximum Gasteiger partial charge on any atom is 0.255 e. The number of anilines is 2. The van der Waals surface area contributed by atoms with Gasteiger partial charge < -0.3 is 14.8 Å². The number of rotatable bonds is 8. The summed E-state index contributed by atoms with van der Waals surface area (Å²) in [5.74, 6) is 0.726. The maximum atomic E-state index is 13.0. The predicted molar refractivity (Wildman–Crippen MR) is 146 cm³/mol. The molecule has 7 nitrogen and oxygen atoms in total. The molecule has 0 saturated carbocycles. The van der Waals surface area contributed by atoms with Crippen LogP contribution in [0.3, 0.4) is 0 Å². The molecule has 0 atom stereocenters. The fraction of sp³-hybridized carbons (Fsp3) is 0.207. The summed E-state index contributed by atoms with van der Waals surface area (Å²) < 4.78 is 37.1. The lowest BCUT2D eigenvalue weighted by molar-refractivity contribution is 0.102. The van der Waals surface area contributed by atoms with Crippen molar-refractivity contribution in [3.63, 3.8) is 0 Å². The molecule has 37 heavy (non-hydrogen) atoms. The lowest BCUT2D eigenvalue weighted by atomic mass is 10.0. The van der Waals surface area contributed by atoms with Crippen LogP contribution >= 0.6 is 0 Å². The van der Waals surface area contributed by atoms with Crippen molar-refractivity contribution in [2.24, 2.45) is 0 Å². The van der Waals surface area contributed by atoms with Crippen LogP contribution in [0.25, 0.3) is 10.8 Å². The monoisotopic (exact) mass is 516 g/mol. The first-order chi connectivity index (χ1) is 17.8. The Morgan fingerprint density at radius 1 is 0.892 bits per heavy atom. The Hall–Kier alpha value is -4.04. The zero-order valence-electron chi connectivity index (χ0n) is 20.9. The SMILES string of the molecule is COc1ccc(N(Cc2ccc(C(=O)Nc3ccc4c5c(cccc35)CC4)cc2)S(C)(=O)=O)cc1OC. The van der Waals surface area contributed by atoms with E-state index >= 15 is 0 Å². The van der Waals surface area contributed by atoms with Crippen molar-refractivity contribution in [2.45, 2.75) is 19.4 Å². The summed E-state index contributed by atoms with van der Waals surface area (Å²) in [4.78, 5) is 13.0. The van der Waals surface area contributed by atoms with Gasteiger partial charge in [-0.15, -0.1) is 0 Å². The van der Waals surface area contributed by atoms with Gasteiger partial charge in [-0.05, 0) is 65.3 Å². The quantitative estimate of drug-likeness (QED) is 0.349. The van der Waals surface area contributed by atoms with E-state index in [1.807, 2.05) is 18.2 Å². The van der Waals surface area contributed by atoms with Crippen LogP contribution < -0.4 is 19.1 Å². The number of hydrogen-bond acceptors (Lipinski definition) is 5. The molecule has 0 spiro atoms. The molecule has 5 rings (SSSR count). The summed E-state index contributed by atoms with van der Waals surface area (Å²) in [6.45, 7) is 0.102. The molecule has 0 aliphatic heterocycles. The van der Waals surface area contributed by atoms with Gasteiger partial charge in [-0.3, -0.25) is 9.10 Å². The Bertz CT molecular complexity index is 1590. The molecule has 0 radical (unpaired) electrons. The lowest BCUT2D eigenvalue weighted by Gasteiger charge is -2.23. The largest absolute Gasteiger partial charge is 0.493 e. The molecule has 8 heteroatoms. The molecule has 190 valence electrons. The van der Waals surface area contributed by atoms with Crippen molar-refractivity contribution in [1.82, 2.24) is 0 Å². The smallest absolute Gasteiger partial charge is 0.255 e. The van der Waals surface area contributed by atoms with Crippen LogP contribution in [0.15, 0.2) is 72.8 Å². The summed E-state index contributed by atoms with van der Waals surface area (Å²) in [7, 11) is -0.571. The van der Waals surface area contributed by atoms with Crippen LogP contribution in [0.2, 0.25) is 0 Å². The molecule has 4 aromatic rings. The number of nitrogens with zero attached hydrogens (tertiary/aromatic N) is 1. The fourth-order valence-corrected chi connectivity index (χ4v) is 5.74. The Balaban J connectivity index is 1.36. The summed E-state index contributed by atoms with van der Waals surface area (Å²) >= 11 is 0. The Morgan fingerprint density at radius 2 is 1.59 bits per heavy atom. The lowest BCUT2D eigenvalue weighted by Crippen LogP contribution is -2.29. The number of nitrogens with one attached hydrogen (secondary N) is 1. The van der Waals surface area contributed by atoms with E-state index in [0.29, 0.717) is 22.7 Å². The predicted octanol–water partition coefficient (Wildman–Crippen LogP) is 5.17. The molecular formula is C29H28N2O5S. The van der Waals surface area contributed by atoms with E-state index in [-0.39, 0.29) is 12.5 Å². The molecule has 0 bridgehead atoms. The van der Waals surface area contributed by atoms with E-state index in [2.05, 4.69) is 17.4 Å². The van der Waals surface area contributed by atoms with Gasteiger partial charge in [-0.1, -0.05) is 36.4 Å². The van der Waals surface area contributed by atoms with E-state index in [0.717, 1.165) is 35.7 Å². The van der Waals surface area contributed by atoms with Gasteiger partial charge in [-0.2, -0.15) is 0 Å². The first-order valence-corrected chi connectivity index (χ1v) is 13.8. The first-order valence-electron chi connectivity index (χ1n) is 11.9. The van der Waals surface area contributed by atoms with E-state index in [1.165, 1.54) is 35.0 Å². The van der Waals surface area contributed by atoms with Crippen LogP contribution in [0, 0.1) is 0 Å². The van der Waals surface area contributed by atoms with Gasteiger partial charge in [0.1, 0.15) is 0 Å². The highest BCUT2D eigenvalue weighted by Crippen LogP contribution is 2.35. The Morgan fingerprint density at radius 3 is 2.27 bits per heavy atom. The molecule has 1 amide bonds. The van der Waals surface area contributed by atoms with Gasteiger partial charge in [0.15, 0.2) is 11.5 Å². The highest BCUT2D eigenvalue weighted by atomic mass is 32.2. The number of aryl methyl sites for hydroxylation is 2. The standard InChI is InChI=1S/C29H28N2O5S/c1-35-26-16-14-23(17-27(26)36-2)31(37(3,33)34)18-19-7-9-22(10-8-19)29(32)30-25-15-13-21-12-11-20-5-4-6-24(25)28(20)21/h4-10,13-17H,11-12,18H2,1-3H3,(H,30,32). The zero-order chi connectivity index (χ0) is 26.2. The van der Waals surface area contributed by atoms with Crippen molar-refractivity contribution in [1.29, 1.82) is 0 Å². The minimum atomic E-state index is -3.59. The fourth-order valence-electron chi connectivity index (χ4n) is 4.86. The zero-order valence-corrected chi connectivity index (χ0v) is 21.8. The van der Waals surface area contributed by atoms with Gasteiger partial charge in [0.2, 0.25) is 10.0 Å². The van der Waals surface area contributed by atoms with Gasteiger partial charge >= 0.3 is 0 Å². The van der Waals surface area contributed by atoms with Gasteiger partial charge in [-0.25, -0.2) is 8.42 Å². The minimum absolute atomic E-state index is 0.102. The van der Waals surface area contributed by atoms with Crippen molar-refractivity contribution in [2.75, 3.05) is 30.1 Å². The van der Waals surface area contributed by atoms with Crippen LogP contribution in [-0.2, 0) is 29.4 Å². The number of carbonyl (C=O) groups is 1.